The number of benzene rings is 1. The lowest BCUT2D eigenvalue weighted by atomic mass is 9.94. The van der Waals surface area contributed by atoms with E-state index in [9.17, 15) is 0 Å². The molecule has 1 aromatic heterocycles. The molecule has 1 unspecified atom stereocenters. The second kappa shape index (κ2) is 5.60. The Morgan fingerprint density at radius 2 is 2.19 bits per heavy atom. The molecule has 0 radical (unpaired) electrons. The summed E-state index contributed by atoms with van der Waals surface area (Å²) in [5.41, 5.74) is 2.79. The minimum atomic E-state index is 0.521. The molecule has 84 valence electrons. The van der Waals surface area contributed by atoms with Crippen LogP contribution in [0, 0.1) is 6.92 Å². The van der Waals surface area contributed by atoms with Crippen molar-refractivity contribution in [2.45, 2.75) is 19.3 Å². The van der Waals surface area contributed by atoms with Gasteiger partial charge in [0.05, 0.1) is 5.01 Å². The molecule has 0 amide bonds. The highest BCUT2D eigenvalue weighted by Gasteiger charge is 2.14. The first-order valence-electron chi connectivity index (χ1n) is 5.31. The molecule has 0 aliphatic rings. The van der Waals surface area contributed by atoms with Crippen molar-refractivity contribution >= 4 is 27.3 Å². The first-order chi connectivity index (χ1) is 7.81. The van der Waals surface area contributed by atoms with E-state index in [1.54, 1.807) is 11.3 Å². The van der Waals surface area contributed by atoms with E-state index in [1.165, 1.54) is 16.1 Å². The number of aryl methyl sites for hydroxylation is 1. The van der Waals surface area contributed by atoms with Crippen LogP contribution in [0.25, 0.3) is 0 Å². The Bertz CT molecular complexity index is 439. The van der Waals surface area contributed by atoms with Crippen molar-refractivity contribution in [2.75, 3.05) is 5.33 Å². The molecule has 2 aromatic rings. The number of aromatic nitrogens is 1. The molecule has 0 spiro atoms. The molecule has 1 atom stereocenters. The van der Waals surface area contributed by atoms with E-state index in [-0.39, 0.29) is 0 Å². The maximum atomic E-state index is 4.36. The quantitative estimate of drug-likeness (QED) is 0.772. The van der Waals surface area contributed by atoms with Gasteiger partial charge in [-0.3, -0.25) is 0 Å². The van der Waals surface area contributed by atoms with Gasteiger partial charge in [-0.25, -0.2) is 4.98 Å². The topological polar surface area (TPSA) is 12.9 Å². The van der Waals surface area contributed by atoms with Crippen LogP contribution in [0.1, 0.15) is 22.1 Å². The fourth-order valence-corrected chi connectivity index (χ4v) is 3.13. The largest absolute Gasteiger partial charge is 0.250 e. The summed E-state index contributed by atoms with van der Waals surface area (Å²) in [6.07, 6.45) is 2.90. The molecule has 1 nitrogen and oxygen atoms in total. The van der Waals surface area contributed by atoms with Crippen molar-refractivity contribution < 1.29 is 0 Å². The fraction of sp³-hybridized carbons (Fsp3) is 0.308. The Kier molecular flexibility index (Phi) is 4.13. The molecule has 3 heteroatoms. The molecule has 0 saturated heterocycles. The second-order valence-electron chi connectivity index (χ2n) is 3.84. The smallest absolute Gasteiger partial charge is 0.0931 e. The molecule has 0 N–H and O–H groups in total. The van der Waals surface area contributed by atoms with Crippen molar-refractivity contribution in [3.8, 4) is 0 Å². The minimum absolute atomic E-state index is 0.521. The maximum absolute atomic E-state index is 4.36. The Labute approximate surface area is 109 Å². The van der Waals surface area contributed by atoms with Gasteiger partial charge >= 0.3 is 0 Å². The SMILES string of the molecule is Cc1ccccc1C(CBr)Cc1nccs1. The monoisotopic (exact) mass is 295 g/mol. The number of halogens is 1. The van der Waals surface area contributed by atoms with E-state index < -0.39 is 0 Å². The first kappa shape index (κ1) is 11.8. The molecule has 1 heterocycles. The zero-order valence-electron chi connectivity index (χ0n) is 9.19. The average molecular weight is 296 g/mol. The van der Waals surface area contributed by atoms with Crippen molar-refractivity contribution in [1.82, 2.24) is 4.98 Å². The summed E-state index contributed by atoms with van der Waals surface area (Å²) in [6.45, 7) is 2.17. The predicted molar refractivity (Wildman–Crippen MR) is 73.5 cm³/mol. The van der Waals surface area contributed by atoms with Gasteiger partial charge in [0.25, 0.3) is 0 Å². The maximum Gasteiger partial charge on any atom is 0.0931 e. The van der Waals surface area contributed by atoms with Crippen LogP contribution in [-0.4, -0.2) is 10.3 Å². The highest BCUT2D eigenvalue weighted by molar-refractivity contribution is 9.09. The highest BCUT2D eigenvalue weighted by Crippen LogP contribution is 2.26. The minimum Gasteiger partial charge on any atom is -0.250 e. The third-order valence-corrected chi connectivity index (χ3v) is 4.30. The van der Waals surface area contributed by atoms with E-state index in [4.69, 9.17) is 0 Å². The van der Waals surface area contributed by atoms with Crippen LogP contribution in [0.3, 0.4) is 0 Å². The van der Waals surface area contributed by atoms with Crippen LogP contribution in [-0.2, 0) is 6.42 Å². The third kappa shape index (κ3) is 2.71. The standard InChI is InChI=1S/C13H14BrNS/c1-10-4-2-3-5-12(10)11(9-14)8-13-15-6-7-16-13/h2-7,11H,8-9H2,1H3. The lowest BCUT2D eigenvalue weighted by Gasteiger charge is -2.15. The van der Waals surface area contributed by atoms with Gasteiger partial charge < -0.3 is 0 Å². The van der Waals surface area contributed by atoms with E-state index in [2.05, 4.69) is 52.1 Å². The Morgan fingerprint density at radius 1 is 1.38 bits per heavy atom. The Morgan fingerprint density at radius 3 is 2.81 bits per heavy atom. The van der Waals surface area contributed by atoms with Crippen LogP contribution in [0.4, 0.5) is 0 Å². The van der Waals surface area contributed by atoms with Gasteiger partial charge in [0.2, 0.25) is 0 Å². The molecule has 16 heavy (non-hydrogen) atoms. The van der Waals surface area contributed by atoms with Gasteiger partial charge in [0.15, 0.2) is 0 Å². The summed E-state index contributed by atoms with van der Waals surface area (Å²) in [5.74, 6) is 0.521. The summed E-state index contributed by atoms with van der Waals surface area (Å²) in [6, 6.07) is 8.59. The van der Waals surface area contributed by atoms with Crippen molar-refractivity contribution in [1.29, 1.82) is 0 Å². The summed E-state index contributed by atoms with van der Waals surface area (Å²) >= 11 is 5.34. The lowest BCUT2D eigenvalue weighted by molar-refractivity contribution is 0.764. The number of thiazole rings is 1. The average Bonchev–Trinajstić information content (AvgIpc) is 2.80. The van der Waals surface area contributed by atoms with Crippen molar-refractivity contribution in [3.05, 3.63) is 52.0 Å². The van der Waals surface area contributed by atoms with Crippen LogP contribution < -0.4 is 0 Å². The summed E-state index contributed by atoms with van der Waals surface area (Å²) in [7, 11) is 0. The second-order valence-corrected chi connectivity index (χ2v) is 5.46. The number of rotatable bonds is 4. The van der Waals surface area contributed by atoms with Gasteiger partial charge in [0, 0.05) is 29.2 Å². The molecule has 0 aliphatic carbocycles. The van der Waals surface area contributed by atoms with Gasteiger partial charge in [-0.05, 0) is 18.1 Å². The normalized spacial score (nSPS) is 12.6. The van der Waals surface area contributed by atoms with Gasteiger partial charge in [0.1, 0.15) is 0 Å². The van der Waals surface area contributed by atoms with Crippen LogP contribution in [0.15, 0.2) is 35.8 Å². The fourth-order valence-electron chi connectivity index (χ4n) is 1.86. The molecular formula is C13H14BrNS. The lowest BCUT2D eigenvalue weighted by Crippen LogP contribution is -2.06. The van der Waals surface area contributed by atoms with Crippen molar-refractivity contribution in [3.63, 3.8) is 0 Å². The molecule has 0 fully saturated rings. The van der Waals surface area contributed by atoms with Gasteiger partial charge in [-0.2, -0.15) is 0 Å². The van der Waals surface area contributed by atoms with E-state index in [0.717, 1.165) is 11.8 Å². The summed E-state index contributed by atoms with van der Waals surface area (Å²) < 4.78 is 0. The third-order valence-electron chi connectivity index (χ3n) is 2.72. The predicted octanol–water partition coefficient (Wildman–Crippen LogP) is 4.17. The summed E-state index contributed by atoms with van der Waals surface area (Å²) in [5, 5.41) is 4.24. The zero-order chi connectivity index (χ0) is 11.4. The molecular weight excluding hydrogens is 282 g/mol. The summed E-state index contributed by atoms with van der Waals surface area (Å²) in [4.78, 5) is 4.36. The molecule has 0 bridgehead atoms. The van der Waals surface area contributed by atoms with Gasteiger partial charge in [-0.1, -0.05) is 40.2 Å². The van der Waals surface area contributed by atoms with Crippen LogP contribution >= 0.6 is 27.3 Å². The van der Waals surface area contributed by atoms with Crippen molar-refractivity contribution in [2.24, 2.45) is 0 Å². The number of hydrogen-bond donors (Lipinski definition) is 0. The Balaban J connectivity index is 2.20. The molecule has 0 saturated carbocycles. The van der Waals surface area contributed by atoms with E-state index >= 15 is 0 Å². The molecule has 1 aromatic carbocycles. The van der Waals surface area contributed by atoms with Crippen LogP contribution in [0.2, 0.25) is 0 Å². The number of alkyl halides is 1. The Hall–Kier alpha value is -0.670. The number of nitrogens with zero attached hydrogens (tertiary/aromatic N) is 1. The first-order valence-corrected chi connectivity index (χ1v) is 7.31. The van der Waals surface area contributed by atoms with E-state index in [1.807, 2.05) is 11.6 Å². The zero-order valence-corrected chi connectivity index (χ0v) is 11.6. The molecule has 2 rings (SSSR count). The molecule has 0 aliphatic heterocycles. The van der Waals surface area contributed by atoms with E-state index in [0.29, 0.717) is 5.92 Å². The number of hydrogen-bond acceptors (Lipinski definition) is 2. The van der Waals surface area contributed by atoms with Gasteiger partial charge in [-0.15, -0.1) is 11.3 Å². The highest BCUT2D eigenvalue weighted by atomic mass is 79.9. The van der Waals surface area contributed by atoms with Crippen LogP contribution in [0.5, 0.6) is 0 Å².